The second-order valence-electron chi connectivity index (χ2n) is 1.66. The zero-order chi connectivity index (χ0) is 8.10. The highest BCUT2D eigenvalue weighted by Gasteiger charge is 2.07. The van der Waals surface area contributed by atoms with Gasteiger partial charge in [-0.2, -0.15) is 0 Å². The third kappa shape index (κ3) is 2.21. The van der Waals surface area contributed by atoms with Crippen LogP contribution in [-0.2, 0) is 9.22 Å². The van der Waals surface area contributed by atoms with E-state index >= 15 is 0 Å². The molecule has 11 heavy (non-hydrogen) atoms. The smallest absolute Gasteiger partial charge is 0.279 e. The molecule has 0 amide bonds. The summed E-state index contributed by atoms with van der Waals surface area (Å²) in [6, 6.07) is 4.87. The van der Waals surface area contributed by atoms with Crippen molar-refractivity contribution in [3.8, 4) is 0 Å². The first-order chi connectivity index (χ1) is 5.34. The molecule has 0 bridgehead atoms. The van der Waals surface area contributed by atoms with Crippen LogP contribution >= 0.6 is 12.9 Å². The highest BCUT2D eigenvalue weighted by Crippen LogP contribution is 1.97. The molecule has 0 spiro atoms. The standard InChI is InChI=1S/C6H5NO3S/c8-6(9-10-11)5-3-1-2-4-7-5/h1-4,11H. The molecule has 0 aromatic carbocycles. The van der Waals surface area contributed by atoms with Crippen molar-refractivity contribution in [1.82, 2.24) is 4.98 Å². The largest absolute Gasteiger partial charge is 0.392 e. The van der Waals surface area contributed by atoms with Crippen LogP contribution in [-0.4, -0.2) is 11.0 Å². The van der Waals surface area contributed by atoms with E-state index in [0.29, 0.717) is 0 Å². The predicted octanol–water partition coefficient (Wildman–Crippen LogP) is 1.01. The van der Waals surface area contributed by atoms with Crippen LogP contribution in [0.4, 0.5) is 0 Å². The summed E-state index contributed by atoms with van der Waals surface area (Å²) in [5.74, 6) is -0.666. The Hall–Kier alpha value is -1.07. The number of carbonyl (C=O) groups excluding carboxylic acids is 1. The topological polar surface area (TPSA) is 48.4 Å². The van der Waals surface area contributed by atoms with E-state index in [-0.39, 0.29) is 5.69 Å². The zero-order valence-electron chi connectivity index (χ0n) is 5.43. The summed E-state index contributed by atoms with van der Waals surface area (Å²) in [5.41, 5.74) is 0.182. The summed E-state index contributed by atoms with van der Waals surface area (Å²) < 4.78 is 3.86. The minimum absolute atomic E-state index is 0.182. The first kappa shape index (κ1) is 8.03. The summed E-state index contributed by atoms with van der Waals surface area (Å²) in [6.45, 7) is 0. The van der Waals surface area contributed by atoms with Crippen LogP contribution in [0, 0.1) is 0 Å². The molecule has 0 saturated heterocycles. The van der Waals surface area contributed by atoms with Crippen molar-refractivity contribution in [3.05, 3.63) is 30.1 Å². The fraction of sp³-hybridized carbons (Fsp3) is 0. The average molecular weight is 171 g/mol. The lowest BCUT2D eigenvalue weighted by atomic mass is 10.4. The number of rotatable bonds is 2. The fourth-order valence-corrected chi connectivity index (χ4v) is 0.628. The van der Waals surface area contributed by atoms with Gasteiger partial charge in [0.25, 0.3) is 0 Å². The first-order valence-electron chi connectivity index (χ1n) is 2.78. The molecule has 0 atom stereocenters. The minimum Gasteiger partial charge on any atom is -0.279 e. The van der Waals surface area contributed by atoms with Crippen LogP contribution < -0.4 is 0 Å². The molecule has 0 unspecified atom stereocenters. The monoisotopic (exact) mass is 171 g/mol. The van der Waals surface area contributed by atoms with Gasteiger partial charge in [0.15, 0.2) is 5.69 Å². The van der Waals surface area contributed by atoms with Crippen molar-refractivity contribution in [2.45, 2.75) is 0 Å². The highest BCUT2D eigenvalue weighted by molar-refractivity contribution is 7.74. The summed E-state index contributed by atoms with van der Waals surface area (Å²) in [4.78, 5) is 18.6. The molecule has 1 aromatic heterocycles. The molecule has 4 nitrogen and oxygen atoms in total. The van der Waals surface area contributed by atoms with E-state index in [1.807, 2.05) is 0 Å². The van der Waals surface area contributed by atoms with Gasteiger partial charge in [0.2, 0.25) is 0 Å². The number of nitrogens with zero attached hydrogens (tertiary/aromatic N) is 1. The van der Waals surface area contributed by atoms with Gasteiger partial charge >= 0.3 is 5.97 Å². The molecule has 1 heterocycles. The Morgan fingerprint density at radius 2 is 2.36 bits per heavy atom. The second-order valence-corrected chi connectivity index (χ2v) is 1.81. The number of hydrogen-bond donors (Lipinski definition) is 1. The molecule has 0 aliphatic carbocycles. The fourth-order valence-electron chi connectivity index (χ4n) is 0.560. The number of hydrogen-bond acceptors (Lipinski definition) is 5. The van der Waals surface area contributed by atoms with Gasteiger partial charge in [-0.3, -0.25) is 4.89 Å². The molecular formula is C6H5NO3S. The molecule has 0 N–H and O–H groups in total. The molecule has 1 rings (SSSR count). The van der Waals surface area contributed by atoms with Crippen molar-refractivity contribution in [2.75, 3.05) is 0 Å². The molecule has 0 radical (unpaired) electrons. The van der Waals surface area contributed by atoms with Crippen molar-refractivity contribution < 1.29 is 14.0 Å². The normalized spacial score (nSPS) is 9.18. The SMILES string of the molecule is O=C(OOS)c1ccccn1. The van der Waals surface area contributed by atoms with E-state index in [1.165, 1.54) is 12.3 Å². The minimum atomic E-state index is -0.666. The van der Waals surface area contributed by atoms with Crippen LogP contribution in [0.1, 0.15) is 10.5 Å². The molecule has 0 saturated carbocycles. The summed E-state index contributed by atoms with van der Waals surface area (Å²) >= 11 is 3.24. The van der Waals surface area contributed by atoms with E-state index in [1.54, 1.807) is 12.1 Å². The third-order valence-corrected chi connectivity index (χ3v) is 1.06. The van der Waals surface area contributed by atoms with Gasteiger partial charge in [-0.25, -0.2) is 9.78 Å². The Kier molecular flexibility index (Phi) is 2.88. The Balaban J connectivity index is 2.69. The van der Waals surface area contributed by atoms with Crippen LogP contribution in [0.15, 0.2) is 24.4 Å². The van der Waals surface area contributed by atoms with Gasteiger partial charge < -0.3 is 0 Å². The van der Waals surface area contributed by atoms with Crippen molar-refractivity contribution >= 4 is 18.9 Å². The molecule has 0 aliphatic rings. The summed E-state index contributed by atoms with van der Waals surface area (Å²) in [7, 11) is 0. The van der Waals surface area contributed by atoms with Gasteiger partial charge in [0.1, 0.15) is 0 Å². The molecular weight excluding hydrogens is 166 g/mol. The summed E-state index contributed by atoms with van der Waals surface area (Å²) in [5, 5.41) is 0. The molecule has 0 fully saturated rings. The lowest BCUT2D eigenvalue weighted by Crippen LogP contribution is -2.04. The average Bonchev–Trinajstić information content (AvgIpc) is 2.07. The van der Waals surface area contributed by atoms with E-state index < -0.39 is 5.97 Å². The van der Waals surface area contributed by atoms with Crippen LogP contribution in [0.3, 0.4) is 0 Å². The molecule has 58 valence electrons. The summed E-state index contributed by atoms with van der Waals surface area (Å²) in [6.07, 6.45) is 1.48. The lowest BCUT2D eigenvalue weighted by molar-refractivity contribution is -0.130. The first-order valence-corrected chi connectivity index (χ1v) is 3.14. The maximum absolute atomic E-state index is 10.8. The highest BCUT2D eigenvalue weighted by atomic mass is 32.1. The predicted molar refractivity (Wildman–Crippen MR) is 39.7 cm³/mol. The van der Waals surface area contributed by atoms with Gasteiger partial charge in [-0.15, -0.1) is 4.33 Å². The molecule has 1 aromatic rings. The Labute approximate surface area is 68.7 Å². The van der Waals surface area contributed by atoms with Gasteiger partial charge in [0.05, 0.1) is 0 Å². The van der Waals surface area contributed by atoms with E-state index in [2.05, 4.69) is 27.1 Å². The third-order valence-electron chi connectivity index (χ3n) is 0.987. The quantitative estimate of drug-likeness (QED) is 0.312. The number of carbonyl (C=O) groups is 1. The maximum atomic E-state index is 10.8. The maximum Gasteiger partial charge on any atom is 0.392 e. The van der Waals surface area contributed by atoms with Gasteiger partial charge in [0, 0.05) is 19.1 Å². The van der Waals surface area contributed by atoms with Crippen molar-refractivity contribution in [2.24, 2.45) is 0 Å². The van der Waals surface area contributed by atoms with Gasteiger partial charge in [-0.1, -0.05) is 6.07 Å². The molecule has 0 aliphatic heterocycles. The molecule has 5 heteroatoms. The Morgan fingerprint density at radius 3 is 2.91 bits per heavy atom. The van der Waals surface area contributed by atoms with E-state index in [0.717, 1.165) is 0 Å². The van der Waals surface area contributed by atoms with Crippen LogP contribution in [0.25, 0.3) is 0 Å². The van der Waals surface area contributed by atoms with Crippen LogP contribution in [0.2, 0.25) is 0 Å². The van der Waals surface area contributed by atoms with Crippen molar-refractivity contribution in [1.29, 1.82) is 0 Å². The zero-order valence-corrected chi connectivity index (χ0v) is 6.32. The van der Waals surface area contributed by atoms with Crippen molar-refractivity contribution in [3.63, 3.8) is 0 Å². The number of aromatic nitrogens is 1. The van der Waals surface area contributed by atoms with E-state index in [9.17, 15) is 4.79 Å². The van der Waals surface area contributed by atoms with E-state index in [4.69, 9.17) is 0 Å². The number of thiol groups is 1. The Morgan fingerprint density at radius 1 is 1.55 bits per heavy atom. The number of pyridine rings is 1. The lowest BCUT2D eigenvalue weighted by Gasteiger charge is -1.95. The Bertz CT molecular complexity index is 239. The van der Waals surface area contributed by atoms with Crippen LogP contribution in [0.5, 0.6) is 0 Å². The van der Waals surface area contributed by atoms with Gasteiger partial charge in [-0.05, 0) is 12.1 Å². The second kappa shape index (κ2) is 3.95.